The van der Waals surface area contributed by atoms with Crippen LogP contribution >= 0.6 is 11.3 Å². The lowest BCUT2D eigenvalue weighted by Gasteiger charge is -2.26. The number of rotatable bonds is 6. The average Bonchev–Trinajstić information content (AvgIpc) is 3.57. The Morgan fingerprint density at radius 1 is 1.14 bits per heavy atom. The van der Waals surface area contributed by atoms with Gasteiger partial charge in [-0.3, -0.25) is 9.59 Å². The van der Waals surface area contributed by atoms with Crippen molar-refractivity contribution >= 4 is 28.8 Å². The standard InChI is InChI=1S/C27H25NO6S/c1-15-12-17-13-16(9-10-20(17)34-15)24(29)22-23(19-7-4-8-21(32-2)26(19)33-3)28(27(31)25(22)30)14-18-6-5-11-35-18/h4-11,13,15,23,29H,12,14H2,1-3H3/b24-22+. The fraction of sp³-hybridized carbons (Fsp3) is 0.259. The Bertz CT molecular complexity index is 1330. The molecule has 1 aromatic heterocycles. The zero-order chi connectivity index (χ0) is 24.7. The molecule has 5 rings (SSSR count). The molecule has 0 spiro atoms. The number of ether oxygens (including phenoxy) is 3. The first-order chi connectivity index (χ1) is 16.9. The van der Waals surface area contributed by atoms with Crippen molar-refractivity contribution < 1.29 is 28.9 Å². The van der Waals surface area contributed by atoms with Crippen molar-refractivity contribution in [2.75, 3.05) is 14.2 Å². The van der Waals surface area contributed by atoms with E-state index in [0.717, 1.165) is 16.2 Å². The molecule has 8 heteroatoms. The molecular weight excluding hydrogens is 466 g/mol. The number of carbonyl (C=O) groups excluding carboxylic acids is 2. The number of likely N-dealkylation sites (tertiary alicyclic amines) is 1. The van der Waals surface area contributed by atoms with Crippen LogP contribution in [-0.4, -0.2) is 42.0 Å². The van der Waals surface area contributed by atoms with Crippen LogP contribution in [0.25, 0.3) is 5.76 Å². The van der Waals surface area contributed by atoms with E-state index >= 15 is 0 Å². The van der Waals surface area contributed by atoms with Crippen LogP contribution in [0.3, 0.4) is 0 Å². The first-order valence-corrected chi connectivity index (χ1v) is 12.1. The maximum atomic E-state index is 13.4. The molecule has 0 radical (unpaired) electrons. The molecule has 7 nitrogen and oxygen atoms in total. The van der Waals surface area contributed by atoms with E-state index in [9.17, 15) is 14.7 Å². The highest BCUT2D eigenvalue weighted by atomic mass is 32.1. The minimum Gasteiger partial charge on any atom is -0.507 e. The van der Waals surface area contributed by atoms with Crippen LogP contribution in [0.15, 0.2) is 59.5 Å². The number of benzene rings is 2. The maximum Gasteiger partial charge on any atom is 0.295 e. The molecule has 3 heterocycles. The van der Waals surface area contributed by atoms with E-state index in [4.69, 9.17) is 14.2 Å². The summed E-state index contributed by atoms with van der Waals surface area (Å²) in [5.74, 6) is -0.00464. The number of para-hydroxylation sites is 1. The molecule has 180 valence electrons. The van der Waals surface area contributed by atoms with Crippen molar-refractivity contribution in [1.29, 1.82) is 0 Å². The largest absolute Gasteiger partial charge is 0.507 e. The van der Waals surface area contributed by atoms with E-state index in [-0.39, 0.29) is 24.0 Å². The van der Waals surface area contributed by atoms with Crippen LogP contribution < -0.4 is 14.2 Å². The molecule has 1 amide bonds. The molecule has 0 aliphatic carbocycles. The summed E-state index contributed by atoms with van der Waals surface area (Å²) in [4.78, 5) is 29.1. The molecule has 2 aliphatic rings. The minimum absolute atomic E-state index is 0.0185. The SMILES string of the molecule is COc1cccc(C2/C(=C(\O)c3ccc4c(c3)CC(C)O4)C(=O)C(=O)N2Cc2cccs2)c1OC. The quantitative estimate of drug-likeness (QED) is 0.305. The summed E-state index contributed by atoms with van der Waals surface area (Å²) in [6.07, 6.45) is 0.746. The number of Topliss-reactive ketones (excluding diaryl/α,β-unsaturated/α-hetero) is 1. The summed E-state index contributed by atoms with van der Waals surface area (Å²) in [6.45, 7) is 2.20. The number of carbonyl (C=O) groups is 2. The number of aliphatic hydroxyl groups is 1. The monoisotopic (exact) mass is 491 g/mol. The Labute approximate surface area is 207 Å². The first kappa shape index (κ1) is 23.0. The molecule has 3 aromatic rings. The number of hydrogen-bond donors (Lipinski definition) is 1. The van der Waals surface area contributed by atoms with Gasteiger partial charge >= 0.3 is 0 Å². The number of fused-ring (bicyclic) bond motifs is 1. The van der Waals surface area contributed by atoms with Gasteiger partial charge in [-0.15, -0.1) is 11.3 Å². The summed E-state index contributed by atoms with van der Waals surface area (Å²) in [7, 11) is 3.03. The van der Waals surface area contributed by atoms with Gasteiger partial charge in [0.25, 0.3) is 11.7 Å². The van der Waals surface area contributed by atoms with Gasteiger partial charge in [-0.25, -0.2) is 0 Å². The number of ketones is 1. The van der Waals surface area contributed by atoms with Gasteiger partial charge in [0.05, 0.1) is 32.4 Å². The summed E-state index contributed by atoms with van der Waals surface area (Å²) < 4.78 is 16.9. The Kier molecular flexibility index (Phi) is 5.98. The average molecular weight is 492 g/mol. The third-order valence-corrected chi connectivity index (χ3v) is 7.20. The molecule has 35 heavy (non-hydrogen) atoms. The van der Waals surface area contributed by atoms with Gasteiger partial charge in [0.1, 0.15) is 17.6 Å². The van der Waals surface area contributed by atoms with Gasteiger partial charge in [0, 0.05) is 22.4 Å². The van der Waals surface area contributed by atoms with Crippen LogP contribution in [0, 0.1) is 0 Å². The molecule has 0 saturated carbocycles. The predicted octanol–water partition coefficient (Wildman–Crippen LogP) is 4.71. The summed E-state index contributed by atoms with van der Waals surface area (Å²) in [5, 5.41) is 13.4. The second-order valence-electron chi connectivity index (χ2n) is 8.54. The maximum absolute atomic E-state index is 13.4. The van der Waals surface area contributed by atoms with E-state index in [2.05, 4.69) is 0 Å². The van der Waals surface area contributed by atoms with Gasteiger partial charge in [-0.2, -0.15) is 0 Å². The third-order valence-electron chi connectivity index (χ3n) is 6.34. The van der Waals surface area contributed by atoms with Crippen molar-refractivity contribution in [2.24, 2.45) is 0 Å². The van der Waals surface area contributed by atoms with Crippen LogP contribution in [0.5, 0.6) is 17.2 Å². The van der Waals surface area contributed by atoms with Crippen LogP contribution in [0.2, 0.25) is 0 Å². The molecular formula is C27H25NO6S. The lowest BCUT2D eigenvalue weighted by Crippen LogP contribution is -2.29. The van der Waals surface area contributed by atoms with Crippen molar-refractivity contribution in [1.82, 2.24) is 4.90 Å². The molecule has 2 atom stereocenters. The van der Waals surface area contributed by atoms with E-state index in [1.807, 2.05) is 30.5 Å². The van der Waals surface area contributed by atoms with Gasteiger partial charge < -0.3 is 24.2 Å². The molecule has 0 bridgehead atoms. The lowest BCUT2D eigenvalue weighted by atomic mass is 9.93. The van der Waals surface area contributed by atoms with Crippen LogP contribution in [0.1, 0.15) is 34.5 Å². The van der Waals surface area contributed by atoms with Crippen molar-refractivity contribution in [3.8, 4) is 17.2 Å². The summed E-state index contributed by atoms with van der Waals surface area (Å²) >= 11 is 1.49. The van der Waals surface area contributed by atoms with E-state index in [0.29, 0.717) is 29.0 Å². The van der Waals surface area contributed by atoms with Crippen molar-refractivity contribution in [3.05, 3.63) is 81.1 Å². The molecule has 1 fully saturated rings. The third kappa shape index (κ3) is 3.93. The molecule has 2 aromatic carbocycles. The smallest absolute Gasteiger partial charge is 0.295 e. The van der Waals surface area contributed by atoms with E-state index in [1.165, 1.54) is 30.5 Å². The van der Waals surface area contributed by atoms with Crippen molar-refractivity contribution in [3.63, 3.8) is 0 Å². The first-order valence-electron chi connectivity index (χ1n) is 11.2. The Hall–Kier alpha value is -3.78. The van der Waals surface area contributed by atoms with Gasteiger partial charge in [0.15, 0.2) is 11.5 Å². The zero-order valence-corrected chi connectivity index (χ0v) is 20.4. The predicted molar refractivity (Wildman–Crippen MR) is 132 cm³/mol. The fourth-order valence-corrected chi connectivity index (χ4v) is 5.49. The number of amides is 1. The van der Waals surface area contributed by atoms with Crippen LogP contribution in [-0.2, 0) is 22.6 Å². The van der Waals surface area contributed by atoms with Crippen LogP contribution in [0.4, 0.5) is 0 Å². The Morgan fingerprint density at radius 3 is 2.69 bits per heavy atom. The lowest BCUT2D eigenvalue weighted by molar-refractivity contribution is -0.140. The number of hydrogen-bond acceptors (Lipinski definition) is 7. The number of aliphatic hydroxyl groups excluding tert-OH is 1. The second kappa shape index (κ2) is 9.11. The molecule has 2 unspecified atom stereocenters. The van der Waals surface area contributed by atoms with E-state index in [1.54, 1.807) is 30.3 Å². The summed E-state index contributed by atoms with van der Waals surface area (Å²) in [6, 6.07) is 13.6. The highest BCUT2D eigenvalue weighted by molar-refractivity contribution is 7.09. The van der Waals surface area contributed by atoms with Gasteiger partial charge in [-0.05, 0) is 48.2 Å². The molecule has 2 aliphatic heterocycles. The Morgan fingerprint density at radius 2 is 1.97 bits per heavy atom. The number of methoxy groups -OCH3 is 2. The molecule has 1 N–H and O–H groups in total. The highest BCUT2D eigenvalue weighted by Crippen LogP contribution is 2.46. The Balaban J connectivity index is 1.69. The topological polar surface area (TPSA) is 85.3 Å². The zero-order valence-electron chi connectivity index (χ0n) is 19.6. The summed E-state index contributed by atoms with van der Waals surface area (Å²) in [5.41, 5.74) is 1.99. The number of nitrogens with zero attached hydrogens (tertiary/aromatic N) is 1. The molecule has 1 saturated heterocycles. The minimum atomic E-state index is -0.856. The van der Waals surface area contributed by atoms with Gasteiger partial charge in [-0.1, -0.05) is 18.2 Å². The highest BCUT2D eigenvalue weighted by Gasteiger charge is 2.47. The number of thiophene rings is 1. The fourth-order valence-electron chi connectivity index (χ4n) is 4.79. The van der Waals surface area contributed by atoms with Gasteiger partial charge in [0.2, 0.25) is 0 Å². The van der Waals surface area contributed by atoms with E-state index < -0.39 is 17.7 Å². The second-order valence-corrected chi connectivity index (χ2v) is 9.58. The van der Waals surface area contributed by atoms with Crippen molar-refractivity contribution in [2.45, 2.75) is 32.0 Å². The normalized spacial score (nSPS) is 20.6.